The van der Waals surface area contributed by atoms with Gasteiger partial charge in [-0.25, -0.2) is 0 Å². The molecule has 1 saturated carbocycles. The van der Waals surface area contributed by atoms with Crippen LogP contribution >= 0.6 is 22.9 Å². The van der Waals surface area contributed by atoms with Gasteiger partial charge in [0.05, 0.1) is 4.34 Å². The molecule has 1 aromatic heterocycles. The Kier molecular flexibility index (Phi) is 5.29. The maximum Gasteiger partial charge on any atom is 0.0931 e. The van der Waals surface area contributed by atoms with Crippen molar-refractivity contribution in [2.45, 2.75) is 51.0 Å². The number of nitrogens with two attached hydrogens (primary N) is 1. The Labute approximate surface area is 113 Å². The normalized spacial score (nSPS) is 19.4. The van der Waals surface area contributed by atoms with Crippen molar-refractivity contribution in [2.24, 2.45) is 11.8 Å². The molecule has 0 spiro atoms. The number of hydrazine groups is 1. The standard InChI is InChI=1S/C13H21ClN2S/c14-13-7-6-12(17-13)9-11(16-15)8-10-4-2-1-3-5-10/h6-7,10-11,16H,1-5,8-9,15H2. The predicted molar refractivity (Wildman–Crippen MR) is 75.3 cm³/mol. The highest BCUT2D eigenvalue weighted by Gasteiger charge is 2.18. The second-order valence-electron chi connectivity index (χ2n) is 5.01. The summed E-state index contributed by atoms with van der Waals surface area (Å²) in [4.78, 5) is 1.33. The number of rotatable bonds is 5. The summed E-state index contributed by atoms with van der Waals surface area (Å²) in [5, 5.41) is 0. The van der Waals surface area contributed by atoms with Crippen LogP contribution in [0.1, 0.15) is 43.4 Å². The van der Waals surface area contributed by atoms with Crippen molar-refractivity contribution < 1.29 is 0 Å². The zero-order valence-corrected chi connectivity index (χ0v) is 11.7. The van der Waals surface area contributed by atoms with E-state index in [1.165, 1.54) is 43.4 Å². The van der Waals surface area contributed by atoms with Gasteiger partial charge < -0.3 is 0 Å². The van der Waals surface area contributed by atoms with Crippen molar-refractivity contribution in [3.8, 4) is 0 Å². The molecule has 1 atom stereocenters. The summed E-state index contributed by atoms with van der Waals surface area (Å²) in [6, 6.07) is 4.47. The summed E-state index contributed by atoms with van der Waals surface area (Å²) in [5.74, 6) is 6.53. The molecule has 4 heteroatoms. The molecule has 1 aliphatic carbocycles. The molecule has 2 rings (SSSR count). The van der Waals surface area contributed by atoms with Gasteiger partial charge in [0.2, 0.25) is 0 Å². The highest BCUT2D eigenvalue weighted by Crippen LogP contribution is 2.29. The van der Waals surface area contributed by atoms with Crippen molar-refractivity contribution >= 4 is 22.9 Å². The highest BCUT2D eigenvalue weighted by molar-refractivity contribution is 7.16. The average molecular weight is 273 g/mol. The van der Waals surface area contributed by atoms with Crippen molar-refractivity contribution in [1.29, 1.82) is 0 Å². The maximum absolute atomic E-state index is 5.95. The van der Waals surface area contributed by atoms with Crippen LogP contribution in [0.5, 0.6) is 0 Å². The van der Waals surface area contributed by atoms with Crippen LogP contribution in [0.3, 0.4) is 0 Å². The lowest BCUT2D eigenvalue weighted by Gasteiger charge is -2.25. The fourth-order valence-corrected chi connectivity index (χ4v) is 3.91. The fourth-order valence-electron chi connectivity index (χ4n) is 2.74. The lowest BCUT2D eigenvalue weighted by Crippen LogP contribution is -2.38. The van der Waals surface area contributed by atoms with E-state index >= 15 is 0 Å². The second-order valence-corrected chi connectivity index (χ2v) is 6.81. The van der Waals surface area contributed by atoms with Crippen molar-refractivity contribution in [3.05, 3.63) is 21.3 Å². The Morgan fingerprint density at radius 1 is 1.35 bits per heavy atom. The van der Waals surface area contributed by atoms with E-state index < -0.39 is 0 Å². The Bertz CT molecular complexity index is 334. The number of hydrogen-bond acceptors (Lipinski definition) is 3. The molecule has 0 aromatic carbocycles. The molecule has 1 aromatic rings. The van der Waals surface area contributed by atoms with Crippen LogP contribution in [0.15, 0.2) is 12.1 Å². The molecule has 3 N–H and O–H groups in total. The molecule has 0 saturated heterocycles. The summed E-state index contributed by atoms with van der Waals surface area (Å²) in [7, 11) is 0. The summed E-state index contributed by atoms with van der Waals surface area (Å²) in [6.45, 7) is 0. The number of thiophene rings is 1. The molecule has 17 heavy (non-hydrogen) atoms. The SMILES string of the molecule is NNC(Cc1ccc(Cl)s1)CC1CCCCC1. The first-order valence-corrected chi connectivity index (χ1v) is 7.67. The van der Waals surface area contributed by atoms with Crippen LogP contribution in [0.4, 0.5) is 0 Å². The predicted octanol–water partition coefficient (Wildman–Crippen LogP) is 3.75. The largest absolute Gasteiger partial charge is 0.271 e. The average Bonchev–Trinajstić information content (AvgIpc) is 2.75. The summed E-state index contributed by atoms with van der Waals surface area (Å²) < 4.78 is 0.869. The lowest BCUT2D eigenvalue weighted by atomic mass is 9.84. The van der Waals surface area contributed by atoms with Crippen molar-refractivity contribution in [1.82, 2.24) is 5.43 Å². The van der Waals surface area contributed by atoms with Crippen LogP contribution in [0.2, 0.25) is 4.34 Å². The second kappa shape index (κ2) is 6.74. The van der Waals surface area contributed by atoms with Gasteiger partial charge in [-0.3, -0.25) is 11.3 Å². The molecule has 1 unspecified atom stereocenters. The smallest absolute Gasteiger partial charge is 0.0931 e. The van der Waals surface area contributed by atoms with Gasteiger partial charge in [-0.2, -0.15) is 0 Å². The van der Waals surface area contributed by atoms with Gasteiger partial charge in [0.25, 0.3) is 0 Å². The van der Waals surface area contributed by atoms with Crippen LogP contribution < -0.4 is 11.3 Å². The topological polar surface area (TPSA) is 38.0 Å². The Balaban J connectivity index is 1.83. The zero-order chi connectivity index (χ0) is 12.1. The van der Waals surface area contributed by atoms with E-state index in [0.29, 0.717) is 6.04 Å². The Hall–Kier alpha value is -0.0900. The van der Waals surface area contributed by atoms with Gasteiger partial charge in [-0.05, 0) is 30.9 Å². The lowest BCUT2D eigenvalue weighted by molar-refractivity contribution is 0.298. The van der Waals surface area contributed by atoms with Gasteiger partial charge in [-0.15, -0.1) is 11.3 Å². The van der Waals surface area contributed by atoms with Gasteiger partial charge in [-0.1, -0.05) is 43.7 Å². The number of nitrogens with one attached hydrogen (secondary N) is 1. The minimum atomic E-state index is 0.396. The van der Waals surface area contributed by atoms with E-state index in [-0.39, 0.29) is 0 Å². The van der Waals surface area contributed by atoms with Crippen LogP contribution in [-0.4, -0.2) is 6.04 Å². The monoisotopic (exact) mass is 272 g/mol. The summed E-state index contributed by atoms with van der Waals surface area (Å²) in [5.41, 5.74) is 2.97. The molecule has 1 fully saturated rings. The minimum absolute atomic E-state index is 0.396. The maximum atomic E-state index is 5.95. The zero-order valence-electron chi connectivity index (χ0n) is 10.1. The molecule has 0 amide bonds. The first kappa shape index (κ1) is 13.3. The molecule has 96 valence electrons. The molecule has 0 aliphatic heterocycles. The molecule has 0 bridgehead atoms. The van der Waals surface area contributed by atoms with E-state index in [0.717, 1.165) is 16.7 Å². The first-order valence-electron chi connectivity index (χ1n) is 6.48. The minimum Gasteiger partial charge on any atom is -0.271 e. The van der Waals surface area contributed by atoms with E-state index in [9.17, 15) is 0 Å². The third-order valence-corrected chi connectivity index (χ3v) is 4.91. The van der Waals surface area contributed by atoms with Crippen LogP contribution in [0, 0.1) is 5.92 Å². The summed E-state index contributed by atoms with van der Waals surface area (Å²) >= 11 is 7.61. The third-order valence-electron chi connectivity index (χ3n) is 3.65. The van der Waals surface area contributed by atoms with Crippen LogP contribution in [-0.2, 0) is 6.42 Å². The molecule has 1 heterocycles. The van der Waals surface area contributed by atoms with Gasteiger partial charge in [0, 0.05) is 10.9 Å². The Morgan fingerprint density at radius 3 is 2.71 bits per heavy atom. The number of halogens is 1. The van der Waals surface area contributed by atoms with Crippen molar-refractivity contribution in [2.75, 3.05) is 0 Å². The van der Waals surface area contributed by atoms with Gasteiger partial charge in [0.15, 0.2) is 0 Å². The van der Waals surface area contributed by atoms with Gasteiger partial charge in [0.1, 0.15) is 0 Å². The molecular weight excluding hydrogens is 252 g/mol. The Morgan fingerprint density at radius 2 is 2.12 bits per heavy atom. The van der Waals surface area contributed by atoms with E-state index in [1.807, 2.05) is 6.07 Å². The van der Waals surface area contributed by atoms with E-state index in [4.69, 9.17) is 17.4 Å². The third kappa shape index (κ3) is 4.25. The van der Waals surface area contributed by atoms with Gasteiger partial charge >= 0.3 is 0 Å². The first-order chi connectivity index (χ1) is 8.28. The van der Waals surface area contributed by atoms with E-state index in [1.54, 1.807) is 11.3 Å². The summed E-state index contributed by atoms with van der Waals surface area (Å²) in [6.07, 6.45) is 9.17. The highest BCUT2D eigenvalue weighted by atomic mass is 35.5. The van der Waals surface area contributed by atoms with Crippen LogP contribution in [0.25, 0.3) is 0 Å². The number of hydrogen-bond donors (Lipinski definition) is 2. The molecule has 0 radical (unpaired) electrons. The van der Waals surface area contributed by atoms with Crippen molar-refractivity contribution in [3.63, 3.8) is 0 Å². The fraction of sp³-hybridized carbons (Fsp3) is 0.692. The molecule has 1 aliphatic rings. The quantitative estimate of drug-likeness (QED) is 0.633. The molecule has 2 nitrogen and oxygen atoms in total. The molecular formula is C13H21ClN2S. The van der Waals surface area contributed by atoms with E-state index in [2.05, 4.69) is 11.5 Å².